The minimum atomic E-state index is 0.283. The molecule has 0 aliphatic heterocycles. The SMILES string of the molecule is C/C=C/C(CC(C)=NCC(C)C)n1c2ccccc2c2ccccc21. The molecule has 25 heavy (non-hydrogen) atoms. The molecule has 3 rings (SSSR count). The standard InChI is InChI=1S/C23H28N2/c1-5-10-19(15-18(4)24-16-17(2)3)25-22-13-8-6-11-20(22)21-12-7-9-14-23(21)25/h5-14,17,19H,15-16H2,1-4H3/b10-5+,24-18?. The van der Waals surface area contributed by atoms with E-state index in [0.29, 0.717) is 5.92 Å². The molecule has 0 aliphatic carbocycles. The summed E-state index contributed by atoms with van der Waals surface area (Å²) in [6, 6.07) is 17.7. The number of fused-ring (bicyclic) bond motifs is 3. The van der Waals surface area contributed by atoms with Crippen molar-refractivity contribution >= 4 is 27.5 Å². The number of hydrogen-bond donors (Lipinski definition) is 0. The summed E-state index contributed by atoms with van der Waals surface area (Å²) in [5.41, 5.74) is 3.81. The molecule has 0 N–H and O–H groups in total. The Labute approximate surface area is 150 Å². The average molecular weight is 332 g/mol. The van der Waals surface area contributed by atoms with E-state index >= 15 is 0 Å². The Morgan fingerprint density at radius 1 is 1.00 bits per heavy atom. The second-order valence-electron chi connectivity index (χ2n) is 7.17. The van der Waals surface area contributed by atoms with Crippen LogP contribution in [0.4, 0.5) is 0 Å². The van der Waals surface area contributed by atoms with Gasteiger partial charge in [0.05, 0.1) is 6.04 Å². The maximum absolute atomic E-state index is 4.79. The van der Waals surface area contributed by atoms with E-state index in [-0.39, 0.29) is 6.04 Å². The minimum absolute atomic E-state index is 0.283. The quantitative estimate of drug-likeness (QED) is 0.366. The van der Waals surface area contributed by atoms with Crippen LogP contribution in [0.25, 0.3) is 21.8 Å². The van der Waals surface area contributed by atoms with Gasteiger partial charge in [-0.25, -0.2) is 0 Å². The van der Waals surface area contributed by atoms with Gasteiger partial charge in [-0.2, -0.15) is 0 Å². The molecule has 2 nitrogen and oxygen atoms in total. The van der Waals surface area contributed by atoms with Crippen molar-refractivity contribution in [2.24, 2.45) is 10.9 Å². The lowest BCUT2D eigenvalue weighted by Gasteiger charge is -2.18. The van der Waals surface area contributed by atoms with Gasteiger partial charge in [0.2, 0.25) is 0 Å². The number of nitrogens with zero attached hydrogens (tertiary/aromatic N) is 2. The zero-order chi connectivity index (χ0) is 17.8. The second-order valence-corrected chi connectivity index (χ2v) is 7.17. The highest BCUT2D eigenvalue weighted by Gasteiger charge is 2.16. The van der Waals surface area contributed by atoms with Crippen LogP contribution in [-0.2, 0) is 0 Å². The van der Waals surface area contributed by atoms with Gasteiger partial charge < -0.3 is 4.57 Å². The van der Waals surface area contributed by atoms with Crippen LogP contribution in [0.15, 0.2) is 65.7 Å². The number of benzene rings is 2. The van der Waals surface area contributed by atoms with Crippen LogP contribution in [-0.4, -0.2) is 16.8 Å². The predicted octanol–water partition coefficient (Wildman–Crippen LogP) is 6.42. The van der Waals surface area contributed by atoms with Crippen LogP contribution < -0.4 is 0 Å². The fraction of sp³-hybridized carbons (Fsp3) is 0.348. The topological polar surface area (TPSA) is 17.3 Å². The fourth-order valence-electron chi connectivity index (χ4n) is 3.48. The molecule has 0 bridgehead atoms. The lowest BCUT2D eigenvalue weighted by atomic mass is 10.1. The predicted molar refractivity (Wildman–Crippen MR) is 111 cm³/mol. The van der Waals surface area contributed by atoms with E-state index in [1.165, 1.54) is 27.5 Å². The van der Waals surface area contributed by atoms with E-state index in [0.717, 1.165) is 13.0 Å². The molecular formula is C23H28N2. The van der Waals surface area contributed by atoms with E-state index in [9.17, 15) is 0 Å². The van der Waals surface area contributed by atoms with Gasteiger partial charge in [0.25, 0.3) is 0 Å². The summed E-state index contributed by atoms with van der Waals surface area (Å²) >= 11 is 0. The molecule has 0 amide bonds. The number of allylic oxidation sites excluding steroid dienone is 2. The first-order valence-corrected chi connectivity index (χ1v) is 9.22. The molecule has 0 radical (unpaired) electrons. The summed E-state index contributed by atoms with van der Waals surface area (Å²) < 4.78 is 2.47. The average Bonchev–Trinajstić information content (AvgIpc) is 2.94. The van der Waals surface area contributed by atoms with Gasteiger partial charge in [-0.3, -0.25) is 4.99 Å². The number of rotatable bonds is 6. The van der Waals surface area contributed by atoms with Crippen molar-refractivity contribution in [3.8, 4) is 0 Å². The molecule has 130 valence electrons. The van der Waals surface area contributed by atoms with Crippen LogP contribution in [0.5, 0.6) is 0 Å². The zero-order valence-electron chi connectivity index (χ0n) is 15.7. The molecule has 0 saturated heterocycles. The van der Waals surface area contributed by atoms with Crippen LogP contribution in [0.3, 0.4) is 0 Å². The molecule has 0 saturated carbocycles. The van der Waals surface area contributed by atoms with Crippen molar-refractivity contribution in [2.75, 3.05) is 6.54 Å². The highest BCUT2D eigenvalue weighted by molar-refractivity contribution is 6.08. The van der Waals surface area contributed by atoms with E-state index < -0.39 is 0 Å². The molecule has 0 aliphatic rings. The molecule has 1 unspecified atom stereocenters. The van der Waals surface area contributed by atoms with Gasteiger partial charge in [0.1, 0.15) is 0 Å². The molecular weight excluding hydrogens is 304 g/mol. The number of aliphatic imine (C=N–C) groups is 1. The van der Waals surface area contributed by atoms with Crippen molar-refractivity contribution in [1.29, 1.82) is 0 Å². The zero-order valence-corrected chi connectivity index (χ0v) is 15.7. The first-order chi connectivity index (χ1) is 12.1. The van der Waals surface area contributed by atoms with E-state index in [1.54, 1.807) is 0 Å². The van der Waals surface area contributed by atoms with Crippen LogP contribution in [0.2, 0.25) is 0 Å². The van der Waals surface area contributed by atoms with Gasteiger partial charge >= 0.3 is 0 Å². The monoisotopic (exact) mass is 332 g/mol. The summed E-state index contributed by atoms with van der Waals surface area (Å²) in [7, 11) is 0. The molecule has 0 fully saturated rings. The van der Waals surface area contributed by atoms with E-state index in [1.807, 2.05) is 0 Å². The van der Waals surface area contributed by atoms with Gasteiger partial charge in [-0.05, 0) is 31.9 Å². The summed E-state index contributed by atoms with van der Waals surface area (Å²) in [5.74, 6) is 0.600. The maximum atomic E-state index is 4.79. The van der Waals surface area contributed by atoms with Gasteiger partial charge in [0, 0.05) is 40.5 Å². The van der Waals surface area contributed by atoms with Crippen molar-refractivity contribution < 1.29 is 0 Å². The second kappa shape index (κ2) is 7.69. The third kappa shape index (κ3) is 3.68. The van der Waals surface area contributed by atoms with E-state index in [2.05, 4.69) is 92.9 Å². The summed E-state index contributed by atoms with van der Waals surface area (Å²) in [4.78, 5) is 4.79. The molecule has 1 aromatic heterocycles. The first-order valence-electron chi connectivity index (χ1n) is 9.22. The first kappa shape index (κ1) is 17.5. The Balaban J connectivity index is 2.11. The van der Waals surface area contributed by atoms with Crippen LogP contribution >= 0.6 is 0 Å². The van der Waals surface area contributed by atoms with Crippen LogP contribution in [0.1, 0.15) is 40.2 Å². The van der Waals surface area contributed by atoms with Crippen molar-refractivity contribution in [2.45, 2.75) is 40.2 Å². The van der Waals surface area contributed by atoms with Gasteiger partial charge in [-0.1, -0.05) is 62.4 Å². The summed E-state index contributed by atoms with van der Waals surface area (Å²) in [5, 5.41) is 2.65. The summed E-state index contributed by atoms with van der Waals surface area (Å²) in [6.45, 7) is 9.59. The third-order valence-corrected chi connectivity index (χ3v) is 4.59. The maximum Gasteiger partial charge on any atom is 0.0574 e. The smallest absolute Gasteiger partial charge is 0.0574 e. The summed E-state index contributed by atoms with van der Waals surface area (Å²) in [6.07, 6.45) is 5.40. The Morgan fingerprint density at radius 2 is 1.56 bits per heavy atom. The normalized spacial score (nSPS) is 14.2. The largest absolute Gasteiger partial charge is 0.333 e. The van der Waals surface area contributed by atoms with Crippen LogP contribution in [0, 0.1) is 5.92 Å². The Kier molecular flexibility index (Phi) is 5.37. The molecule has 0 spiro atoms. The highest BCUT2D eigenvalue weighted by atomic mass is 15.0. The number of aromatic nitrogens is 1. The van der Waals surface area contributed by atoms with Crippen molar-refractivity contribution in [3.63, 3.8) is 0 Å². The molecule has 1 atom stereocenters. The molecule has 2 heteroatoms. The minimum Gasteiger partial charge on any atom is -0.333 e. The lowest BCUT2D eigenvalue weighted by Crippen LogP contribution is -2.11. The molecule has 1 heterocycles. The highest BCUT2D eigenvalue weighted by Crippen LogP contribution is 2.33. The van der Waals surface area contributed by atoms with E-state index in [4.69, 9.17) is 4.99 Å². The molecule has 2 aromatic carbocycles. The number of hydrogen-bond acceptors (Lipinski definition) is 1. The van der Waals surface area contributed by atoms with Crippen molar-refractivity contribution in [3.05, 3.63) is 60.7 Å². The van der Waals surface area contributed by atoms with Gasteiger partial charge in [0.15, 0.2) is 0 Å². The Morgan fingerprint density at radius 3 is 2.08 bits per heavy atom. The lowest BCUT2D eigenvalue weighted by molar-refractivity contribution is 0.646. The fourth-order valence-corrected chi connectivity index (χ4v) is 3.48. The Hall–Kier alpha value is -2.35. The number of para-hydroxylation sites is 2. The third-order valence-electron chi connectivity index (χ3n) is 4.59. The Bertz CT molecular complexity index is 859. The van der Waals surface area contributed by atoms with Crippen molar-refractivity contribution in [1.82, 2.24) is 4.57 Å². The van der Waals surface area contributed by atoms with Gasteiger partial charge in [-0.15, -0.1) is 0 Å². The molecule has 3 aromatic rings.